The number of carbonyl (C=O) groups is 3. The van der Waals surface area contributed by atoms with Gasteiger partial charge in [0.1, 0.15) is 17.9 Å². The van der Waals surface area contributed by atoms with E-state index >= 15 is 0 Å². The lowest BCUT2D eigenvalue weighted by atomic mass is 10.1. The Morgan fingerprint density at radius 1 is 0.917 bits per heavy atom. The second-order valence-electron chi connectivity index (χ2n) is 7.71. The molecular weight excluding hydrogens is 575 g/mol. The molecule has 0 atom stereocenters. The normalized spacial score (nSPS) is 14.6. The van der Waals surface area contributed by atoms with Crippen molar-refractivity contribution in [3.63, 3.8) is 0 Å². The number of imide groups is 2. The summed E-state index contributed by atoms with van der Waals surface area (Å²) in [7, 11) is 1.51. The Bertz CT molecular complexity index is 1320. The van der Waals surface area contributed by atoms with Gasteiger partial charge in [0.2, 0.25) is 0 Å². The van der Waals surface area contributed by atoms with Gasteiger partial charge in [-0.1, -0.05) is 18.2 Å². The van der Waals surface area contributed by atoms with Crippen molar-refractivity contribution in [3.05, 3.63) is 87.0 Å². The molecule has 9 heteroatoms. The summed E-state index contributed by atoms with van der Waals surface area (Å²) in [4.78, 5) is 39.0. The minimum atomic E-state index is -0.816. The van der Waals surface area contributed by atoms with Crippen LogP contribution in [0.5, 0.6) is 17.2 Å². The van der Waals surface area contributed by atoms with Crippen LogP contribution in [0.25, 0.3) is 6.08 Å². The van der Waals surface area contributed by atoms with E-state index in [1.807, 2.05) is 31.2 Å². The fourth-order valence-electron chi connectivity index (χ4n) is 3.55. The number of ether oxygens (including phenoxy) is 3. The number of methoxy groups -OCH3 is 1. The lowest BCUT2D eigenvalue weighted by molar-refractivity contribution is -0.122. The van der Waals surface area contributed by atoms with E-state index in [-0.39, 0.29) is 5.57 Å². The molecular formula is C27H23IN2O6. The average Bonchev–Trinajstić information content (AvgIpc) is 2.87. The highest BCUT2D eigenvalue weighted by Crippen LogP contribution is 2.31. The van der Waals surface area contributed by atoms with Gasteiger partial charge in [0.15, 0.2) is 11.5 Å². The summed E-state index contributed by atoms with van der Waals surface area (Å²) in [5.41, 5.74) is 1.68. The third-order valence-corrected chi connectivity index (χ3v) is 6.03. The van der Waals surface area contributed by atoms with Crippen LogP contribution in [0.1, 0.15) is 18.1 Å². The Labute approximate surface area is 222 Å². The standard InChI is InChI=1S/C27H23IN2O6/c1-3-35-21-11-9-20(10-12-21)30-26(32)22(25(31)29-27(30)33)14-18-6-13-23(24(15-18)34-2)36-16-17-4-7-19(28)8-5-17/h4-15H,3,16H2,1-2H3,(H,29,31,33)/b22-14+. The summed E-state index contributed by atoms with van der Waals surface area (Å²) < 4.78 is 17.9. The molecule has 3 aromatic carbocycles. The van der Waals surface area contributed by atoms with Gasteiger partial charge in [-0.2, -0.15) is 0 Å². The monoisotopic (exact) mass is 598 g/mol. The summed E-state index contributed by atoms with van der Waals surface area (Å²) in [6.45, 7) is 2.70. The van der Waals surface area contributed by atoms with Crippen LogP contribution in [0, 0.1) is 3.57 Å². The van der Waals surface area contributed by atoms with E-state index in [1.165, 1.54) is 13.2 Å². The van der Waals surface area contributed by atoms with Crippen LogP contribution in [0.15, 0.2) is 72.3 Å². The molecule has 4 rings (SSSR count). The molecule has 0 radical (unpaired) electrons. The minimum absolute atomic E-state index is 0.182. The number of urea groups is 1. The molecule has 184 valence electrons. The zero-order valence-electron chi connectivity index (χ0n) is 19.6. The number of anilines is 1. The van der Waals surface area contributed by atoms with E-state index in [1.54, 1.807) is 42.5 Å². The van der Waals surface area contributed by atoms with Crippen molar-refractivity contribution in [2.45, 2.75) is 13.5 Å². The molecule has 0 aromatic heterocycles. The van der Waals surface area contributed by atoms with E-state index in [2.05, 4.69) is 27.9 Å². The minimum Gasteiger partial charge on any atom is -0.494 e. The molecule has 1 aliphatic heterocycles. The van der Waals surface area contributed by atoms with Crippen molar-refractivity contribution < 1.29 is 28.6 Å². The highest BCUT2D eigenvalue weighted by Gasteiger charge is 2.36. The SMILES string of the molecule is CCOc1ccc(N2C(=O)NC(=O)/C(=C\c3ccc(OCc4ccc(I)cc4)c(OC)c3)C2=O)cc1. The smallest absolute Gasteiger partial charge is 0.335 e. The fourth-order valence-corrected chi connectivity index (χ4v) is 3.91. The van der Waals surface area contributed by atoms with Gasteiger partial charge in [0, 0.05) is 3.57 Å². The van der Waals surface area contributed by atoms with Crippen LogP contribution in [0.2, 0.25) is 0 Å². The number of amides is 4. The Morgan fingerprint density at radius 2 is 1.64 bits per heavy atom. The first-order valence-corrected chi connectivity index (χ1v) is 12.2. The molecule has 1 saturated heterocycles. The van der Waals surface area contributed by atoms with Crippen molar-refractivity contribution in [1.29, 1.82) is 0 Å². The summed E-state index contributed by atoms with van der Waals surface area (Å²) in [5.74, 6) is 0.0623. The van der Waals surface area contributed by atoms with Gasteiger partial charge in [-0.3, -0.25) is 14.9 Å². The van der Waals surface area contributed by atoms with Crippen molar-refractivity contribution in [2.24, 2.45) is 0 Å². The van der Waals surface area contributed by atoms with Gasteiger partial charge in [-0.05, 0) is 95.2 Å². The molecule has 3 aromatic rings. The number of nitrogens with zero attached hydrogens (tertiary/aromatic N) is 1. The lowest BCUT2D eigenvalue weighted by Gasteiger charge is -2.26. The summed E-state index contributed by atoms with van der Waals surface area (Å²) in [5, 5.41) is 2.22. The van der Waals surface area contributed by atoms with E-state index in [9.17, 15) is 14.4 Å². The quantitative estimate of drug-likeness (QED) is 0.224. The third kappa shape index (κ3) is 5.68. The largest absolute Gasteiger partial charge is 0.494 e. The highest BCUT2D eigenvalue weighted by atomic mass is 127. The van der Waals surface area contributed by atoms with Crippen molar-refractivity contribution in [3.8, 4) is 17.2 Å². The maximum absolute atomic E-state index is 13.2. The van der Waals surface area contributed by atoms with Crippen LogP contribution in [0.4, 0.5) is 10.5 Å². The topological polar surface area (TPSA) is 94.2 Å². The molecule has 0 spiro atoms. The molecule has 0 saturated carbocycles. The van der Waals surface area contributed by atoms with Crippen molar-refractivity contribution in [2.75, 3.05) is 18.6 Å². The van der Waals surface area contributed by atoms with Crippen LogP contribution in [-0.2, 0) is 16.2 Å². The molecule has 4 amide bonds. The molecule has 1 fully saturated rings. The number of carbonyl (C=O) groups excluding carboxylic acids is 3. The summed E-state index contributed by atoms with van der Waals surface area (Å²) in [6, 6.07) is 18.7. The molecule has 0 bridgehead atoms. The Balaban J connectivity index is 1.56. The van der Waals surface area contributed by atoms with Crippen LogP contribution < -0.4 is 24.4 Å². The first-order chi connectivity index (χ1) is 17.4. The zero-order valence-corrected chi connectivity index (χ0v) is 21.8. The van der Waals surface area contributed by atoms with Gasteiger partial charge >= 0.3 is 6.03 Å². The number of hydrogen-bond donors (Lipinski definition) is 1. The van der Waals surface area contributed by atoms with E-state index < -0.39 is 17.8 Å². The first-order valence-electron chi connectivity index (χ1n) is 11.1. The number of nitrogens with one attached hydrogen (secondary N) is 1. The molecule has 1 N–H and O–H groups in total. The second kappa shape index (κ2) is 11.3. The predicted octanol–water partition coefficient (Wildman–Crippen LogP) is 4.94. The molecule has 1 aliphatic rings. The molecule has 1 heterocycles. The Hall–Kier alpha value is -3.86. The molecule has 8 nitrogen and oxygen atoms in total. The van der Waals surface area contributed by atoms with Crippen molar-refractivity contribution >= 4 is 52.2 Å². The van der Waals surface area contributed by atoms with Gasteiger partial charge in [0.05, 0.1) is 19.4 Å². The van der Waals surface area contributed by atoms with Crippen LogP contribution >= 0.6 is 22.6 Å². The Kier molecular flexibility index (Phi) is 7.89. The summed E-state index contributed by atoms with van der Waals surface area (Å²) >= 11 is 2.24. The predicted molar refractivity (Wildman–Crippen MR) is 143 cm³/mol. The van der Waals surface area contributed by atoms with Crippen LogP contribution in [-0.4, -0.2) is 31.6 Å². The second-order valence-corrected chi connectivity index (χ2v) is 8.96. The first kappa shape index (κ1) is 25.2. The average molecular weight is 598 g/mol. The maximum Gasteiger partial charge on any atom is 0.335 e. The van der Waals surface area contributed by atoms with Crippen molar-refractivity contribution in [1.82, 2.24) is 5.32 Å². The Morgan fingerprint density at radius 3 is 2.31 bits per heavy atom. The number of rotatable bonds is 8. The van der Waals surface area contributed by atoms with Crippen LogP contribution in [0.3, 0.4) is 0 Å². The maximum atomic E-state index is 13.2. The van der Waals surface area contributed by atoms with Gasteiger partial charge in [-0.25, -0.2) is 9.69 Å². The summed E-state index contributed by atoms with van der Waals surface area (Å²) in [6.07, 6.45) is 1.41. The number of hydrogen-bond acceptors (Lipinski definition) is 6. The number of benzene rings is 3. The molecule has 0 aliphatic carbocycles. The molecule has 36 heavy (non-hydrogen) atoms. The van der Waals surface area contributed by atoms with Gasteiger partial charge < -0.3 is 14.2 Å². The zero-order chi connectivity index (χ0) is 25.7. The number of halogens is 1. The van der Waals surface area contributed by atoms with Gasteiger partial charge in [-0.15, -0.1) is 0 Å². The fraction of sp³-hybridized carbons (Fsp3) is 0.148. The lowest BCUT2D eigenvalue weighted by Crippen LogP contribution is -2.54. The van der Waals surface area contributed by atoms with Gasteiger partial charge in [0.25, 0.3) is 11.8 Å². The highest BCUT2D eigenvalue weighted by molar-refractivity contribution is 14.1. The van der Waals surface area contributed by atoms with E-state index in [0.29, 0.717) is 41.7 Å². The number of barbiturate groups is 1. The van der Waals surface area contributed by atoms with E-state index in [0.717, 1.165) is 14.0 Å². The third-order valence-electron chi connectivity index (χ3n) is 5.31. The molecule has 0 unspecified atom stereocenters. The van der Waals surface area contributed by atoms with E-state index in [4.69, 9.17) is 14.2 Å².